The van der Waals surface area contributed by atoms with Crippen LogP contribution in [0.4, 0.5) is 20.2 Å². The summed E-state index contributed by atoms with van der Waals surface area (Å²) in [5.41, 5.74) is 0.722. The van der Waals surface area contributed by atoms with Crippen LogP contribution >= 0.6 is 0 Å². The van der Waals surface area contributed by atoms with Crippen molar-refractivity contribution >= 4 is 23.2 Å². The molecule has 148 valence electrons. The second kappa shape index (κ2) is 8.93. The van der Waals surface area contributed by atoms with E-state index in [1.54, 1.807) is 6.92 Å². The van der Waals surface area contributed by atoms with Gasteiger partial charge in [-0.2, -0.15) is 0 Å². The highest BCUT2D eigenvalue weighted by atomic mass is 19.1. The van der Waals surface area contributed by atoms with E-state index < -0.39 is 17.7 Å². The summed E-state index contributed by atoms with van der Waals surface area (Å²) in [5, 5.41) is 5.41. The Kier molecular flexibility index (Phi) is 6.36. The summed E-state index contributed by atoms with van der Waals surface area (Å²) in [5.74, 6) is -1.99. The molecule has 3 rings (SSSR count). The Morgan fingerprint density at radius 1 is 1.04 bits per heavy atom. The number of likely N-dealkylation sites (tertiary alicyclic amines) is 1. The van der Waals surface area contributed by atoms with Crippen LogP contribution in [0.25, 0.3) is 0 Å². The van der Waals surface area contributed by atoms with Crippen molar-refractivity contribution in [3.63, 3.8) is 0 Å². The molecule has 1 atom stereocenters. The minimum absolute atomic E-state index is 0.0173. The molecule has 0 unspecified atom stereocenters. The summed E-state index contributed by atoms with van der Waals surface area (Å²) in [6.07, 6.45) is 1.28. The van der Waals surface area contributed by atoms with Gasteiger partial charge in [-0.05, 0) is 57.1 Å². The van der Waals surface area contributed by atoms with Gasteiger partial charge in [-0.1, -0.05) is 18.2 Å². The Labute approximate surface area is 162 Å². The van der Waals surface area contributed by atoms with Gasteiger partial charge in [-0.15, -0.1) is 0 Å². The van der Waals surface area contributed by atoms with Gasteiger partial charge < -0.3 is 10.6 Å². The van der Waals surface area contributed by atoms with E-state index in [1.165, 1.54) is 6.07 Å². The molecular weight excluding hydrogens is 364 g/mol. The van der Waals surface area contributed by atoms with E-state index in [0.717, 1.165) is 17.8 Å². The van der Waals surface area contributed by atoms with E-state index in [2.05, 4.69) is 10.6 Å². The molecule has 2 aromatic rings. The SMILES string of the molecule is C[C@@H](C(=O)Nc1ccc(F)cc1F)N1CCC(C(=O)Nc2ccccc2)CC1. The fraction of sp³-hybridized carbons (Fsp3) is 0.333. The van der Waals surface area contributed by atoms with Crippen LogP contribution in [-0.4, -0.2) is 35.8 Å². The third-order valence-corrected chi connectivity index (χ3v) is 5.06. The van der Waals surface area contributed by atoms with Crippen molar-refractivity contribution in [2.45, 2.75) is 25.8 Å². The summed E-state index contributed by atoms with van der Waals surface area (Å²) < 4.78 is 26.7. The zero-order valence-corrected chi connectivity index (χ0v) is 15.6. The molecule has 2 N–H and O–H groups in total. The van der Waals surface area contributed by atoms with E-state index in [4.69, 9.17) is 0 Å². The smallest absolute Gasteiger partial charge is 0.241 e. The Balaban J connectivity index is 1.51. The summed E-state index contributed by atoms with van der Waals surface area (Å²) in [6.45, 7) is 2.92. The van der Waals surface area contributed by atoms with Crippen molar-refractivity contribution in [2.24, 2.45) is 5.92 Å². The standard InChI is InChI=1S/C21H23F2N3O2/c1-14(20(27)25-19-8-7-16(22)13-18(19)23)26-11-9-15(10-12-26)21(28)24-17-5-3-2-4-6-17/h2-8,13-15H,9-12H2,1H3,(H,24,28)(H,25,27)/t14-/m0/s1. The highest BCUT2D eigenvalue weighted by Crippen LogP contribution is 2.22. The van der Waals surface area contributed by atoms with Crippen molar-refractivity contribution in [1.82, 2.24) is 4.90 Å². The third-order valence-electron chi connectivity index (χ3n) is 5.06. The van der Waals surface area contributed by atoms with Crippen LogP contribution in [-0.2, 0) is 9.59 Å². The van der Waals surface area contributed by atoms with Crippen molar-refractivity contribution in [1.29, 1.82) is 0 Å². The maximum absolute atomic E-state index is 13.7. The second-order valence-electron chi connectivity index (χ2n) is 6.95. The number of para-hydroxylation sites is 1. The van der Waals surface area contributed by atoms with Crippen LogP contribution in [0.2, 0.25) is 0 Å². The molecule has 1 fully saturated rings. The average Bonchev–Trinajstić information content (AvgIpc) is 2.70. The molecule has 1 heterocycles. The molecule has 0 bridgehead atoms. The molecule has 0 aromatic heterocycles. The fourth-order valence-electron chi connectivity index (χ4n) is 3.31. The molecule has 0 aliphatic carbocycles. The van der Waals surface area contributed by atoms with E-state index in [1.807, 2.05) is 35.2 Å². The van der Waals surface area contributed by atoms with Gasteiger partial charge in [0.15, 0.2) is 0 Å². The van der Waals surface area contributed by atoms with Crippen LogP contribution in [0, 0.1) is 17.6 Å². The number of anilines is 2. The first kappa shape index (κ1) is 19.9. The number of nitrogens with one attached hydrogen (secondary N) is 2. The Morgan fingerprint density at radius 3 is 2.36 bits per heavy atom. The molecule has 28 heavy (non-hydrogen) atoms. The van der Waals surface area contributed by atoms with Crippen molar-refractivity contribution in [3.05, 3.63) is 60.2 Å². The monoisotopic (exact) mass is 387 g/mol. The lowest BCUT2D eigenvalue weighted by molar-refractivity contribution is -0.123. The van der Waals surface area contributed by atoms with Crippen LogP contribution in [0.5, 0.6) is 0 Å². The molecule has 0 radical (unpaired) electrons. The van der Waals surface area contributed by atoms with Gasteiger partial charge in [0, 0.05) is 17.7 Å². The van der Waals surface area contributed by atoms with Gasteiger partial charge in [-0.3, -0.25) is 14.5 Å². The lowest BCUT2D eigenvalue weighted by Crippen LogP contribution is -2.47. The van der Waals surface area contributed by atoms with Crippen LogP contribution in [0.1, 0.15) is 19.8 Å². The Bertz CT molecular complexity index is 837. The number of benzene rings is 2. The number of carbonyl (C=O) groups excluding carboxylic acids is 2. The molecule has 7 heteroatoms. The number of halogens is 2. The quantitative estimate of drug-likeness (QED) is 0.823. The minimum atomic E-state index is -0.808. The van der Waals surface area contributed by atoms with Crippen molar-refractivity contribution < 1.29 is 18.4 Å². The van der Waals surface area contributed by atoms with Gasteiger partial charge in [0.05, 0.1) is 11.7 Å². The first-order valence-electron chi connectivity index (χ1n) is 9.30. The molecule has 2 aromatic carbocycles. The average molecular weight is 387 g/mol. The number of nitrogens with zero attached hydrogens (tertiary/aromatic N) is 1. The van der Waals surface area contributed by atoms with Gasteiger partial charge in [0.2, 0.25) is 11.8 Å². The predicted molar refractivity (Wildman–Crippen MR) is 104 cm³/mol. The molecule has 1 aliphatic rings. The zero-order chi connectivity index (χ0) is 20.1. The number of carbonyl (C=O) groups is 2. The lowest BCUT2D eigenvalue weighted by Gasteiger charge is -2.34. The zero-order valence-electron chi connectivity index (χ0n) is 15.6. The van der Waals surface area contributed by atoms with Crippen molar-refractivity contribution in [2.75, 3.05) is 23.7 Å². The van der Waals surface area contributed by atoms with E-state index in [9.17, 15) is 18.4 Å². The number of hydrogen-bond acceptors (Lipinski definition) is 3. The largest absolute Gasteiger partial charge is 0.326 e. The van der Waals surface area contributed by atoms with Gasteiger partial charge in [0.25, 0.3) is 0 Å². The number of amides is 2. The molecule has 1 aliphatic heterocycles. The molecule has 0 saturated carbocycles. The topological polar surface area (TPSA) is 61.4 Å². The first-order valence-corrected chi connectivity index (χ1v) is 9.30. The van der Waals surface area contributed by atoms with Crippen molar-refractivity contribution in [3.8, 4) is 0 Å². The van der Waals surface area contributed by atoms with Gasteiger partial charge in [-0.25, -0.2) is 8.78 Å². The summed E-state index contributed by atoms with van der Waals surface area (Å²) in [4.78, 5) is 26.8. The normalized spacial score (nSPS) is 16.4. The van der Waals surface area contributed by atoms with E-state index in [0.29, 0.717) is 25.9 Å². The lowest BCUT2D eigenvalue weighted by atomic mass is 9.94. The molecule has 0 spiro atoms. The third kappa shape index (κ3) is 4.92. The number of hydrogen-bond donors (Lipinski definition) is 2. The summed E-state index contributed by atoms with van der Waals surface area (Å²) >= 11 is 0. The van der Waals surface area contributed by atoms with Gasteiger partial charge >= 0.3 is 0 Å². The second-order valence-corrected chi connectivity index (χ2v) is 6.95. The summed E-state index contributed by atoms with van der Waals surface area (Å²) in [6, 6.07) is 11.8. The van der Waals surface area contributed by atoms with Crippen LogP contribution < -0.4 is 10.6 Å². The van der Waals surface area contributed by atoms with E-state index >= 15 is 0 Å². The maximum atomic E-state index is 13.7. The first-order chi connectivity index (χ1) is 13.4. The maximum Gasteiger partial charge on any atom is 0.241 e. The molecule has 5 nitrogen and oxygen atoms in total. The molecule has 1 saturated heterocycles. The number of rotatable bonds is 5. The highest BCUT2D eigenvalue weighted by molar-refractivity contribution is 5.95. The highest BCUT2D eigenvalue weighted by Gasteiger charge is 2.30. The Hall–Kier alpha value is -2.80. The summed E-state index contributed by atoms with van der Waals surface area (Å²) in [7, 11) is 0. The molecular formula is C21H23F2N3O2. The van der Waals surface area contributed by atoms with E-state index in [-0.39, 0.29) is 23.4 Å². The minimum Gasteiger partial charge on any atom is -0.326 e. The van der Waals surface area contributed by atoms with Crippen LogP contribution in [0.15, 0.2) is 48.5 Å². The number of piperidine rings is 1. The Morgan fingerprint density at radius 2 is 1.71 bits per heavy atom. The van der Waals surface area contributed by atoms with Gasteiger partial charge in [0.1, 0.15) is 11.6 Å². The van der Waals surface area contributed by atoms with Crippen LogP contribution in [0.3, 0.4) is 0 Å². The fourth-order valence-corrected chi connectivity index (χ4v) is 3.31. The predicted octanol–water partition coefficient (Wildman–Crippen LogP) is 3.64. The molecule has 2 amide bonds.